The van der Waals surface area contributed by atoms with Gasteiger partial charge in [-0.15, -0.1) is 11.6 Å². The van der Waals surface area contributed by atoms with Gasteiger partial charge in [0, 0.05) is 10.1 Å². The number of esters is 2. The Morgan fingerprint density at radius 1 is 0.963 bits per heavy atom. The van der Waals surface area contributed by atoms with Crippen molar-refractivity contribution in [1.29, 1.82) is 0 Å². The van der Waals surface area contributed by atoms with Crippen LogP contribution >= 0.6 is 34.8 Å². The normalized spacial score (nSPS) is 9.11. The summed E-state index contributed by atoms with van der Waals surface area (Å²) in [5.74, 6) is 0.0101. The van der Waals surface area contributed by atoms with Crippen LogP contribution in [0.25, 0.3) is 0 Å². The maximum absolute atomic E-state index is 11.3. The zero-order valence-corrected chi connectivity index (χ0v) is 18.4. The van der Waals surface area contributed by atoms with Gasteiger partial charge in [-0.2, -0.15) is 0 Å². The summed E-state index contributed by atoms with van der Waals surface area (Å²) in [6, 6.07) is 0. The van der Waals surface area contributed by atoms with E-state index in [1.807, 2.05) is 13.8 Å². The zero-order chi connectivity index (χ0) is 20.6. The number of carbonyl (C=O) groups is 2. The molecule has 0 aromatic carbocycles. The van der Waals surface area contributed by atoms with Crippen molar-refractivity contribution in [3.05, 3.63) is 23.2 Å². The number of allylic oxidation sites excluding steroid dienone is 2. The fraction of sp³-hybridized carbons (Fsp3) is 0.700. The van der Waals surface area contributed by atoms with Gasteiger partial charge in [-0.3, -0.25) is 9.59 Å². The SMILES string of the molecule is C.C.C=C(Cl)CC(C)(C)C(=O)OCC.C=C(Cl)CCl.CCOC(=O)C(C)C. The van der Waals surface area contributed by atoms with Crippen LogP contribution in [0.5, 0.6) is 0 Å². The lowest BCUT2D eigenvalue weighted by Gasteiger charge is -2.21. The average molecular weight is 450 g/mol. The summed E-state index contributed by atoms with van der Waals surface area (Å²) in [4.78, 5) is 21.8. The fourth-order valence-electron chi connectivity index (χ4n) is 1.19. The molecule has 0 heterocycles. The highest BCUT2D eigenvalue weighted by Crippen LogP contribution is 2.27. The highest BCUT2D eigenvalue weighted by Gasteiger charge is 2.29. The number of ether oxygens (including phenoxy) is 2. The number of hydrogen-bond donors (Lipinski definition) is 0. The third kappa shape index (κ3) is 27.6. The molecule has 164 valence electrons. The van der Waals surface area contributed by atoms with E-state index in [1.165, 1.54) is 0 Å². The van der Waals surface area contributed by atoms with Crippen molar-refractivity contribution in [2.45, 2.75) is 62.8 Å². The Balaban J connectivity index is -0.0000000941. The molecule has 0 unspecified atom stereocenters. The first-order chi connectivity index (χ1) is 11.3. The molecule has 0 fully saturated rings. The molecule has 0 radical (unpaired) electrons. The summed E-state index contributed by atoms with van der Waals surface area (Å²) in [5, 5.41) is 0.972. The first kappa shape index (κ1) is 37.1. The molecule has 27 heavy (non-hydrogen) atoms. The molecular formula is C20H39Cl3O4. The minimum absolute atomic E-state index is 0. The van der Waals surface area contributed by atoms with Crippen molar-refractivity contribution in [3.63, 3.8) is 0 Å². The molecule has 0 rings (SSSR count). The van der Waals surface area contributed by atoms with Gasteiger partial charge in [0.05, 0.1) is 30.4 Å². The van der Waals surface area contributed by atoms with Gasteiger partial charge in [-0.25, -0.2) is 0 Å². The minimum atomic E-state index is -0.561. The summed E-state index contributed by atoms with van der Waals surface area (Å²) in [6.45, 7) is 18.5. The molecule has 4 nitrogen and oxygen atoms in total. The molecule has 0 aliphatic heterocycles. The Hall–Kier alpha value is -0.710. The second kappa shape index (κ2) is 21.6. The Kier molecular flexibility index (Phi) is 29.7. The Morgan fingerprint density at radius 3 is 1.52 bits per heavy atom. The molecule has 0 bridgehead atoms. The van der Waals surface area contributed by atoms with Crippen LogP contribution < -0.4 is 0 Å². The van der Waals surface area contributed by atoms with Crippen LogP contribution in [0.4, 0.5) is 0 Å². The van der Waals surface area contributed by atoms with Crippen LogP contribution in [-0.2, 0) is 19.1 Å². The monoisotopic (exact) mass is 448 g/mol. The lowest BCUT2D eigenvalue weighted by molar-refractivity contribution is -0.153. The number of hydrogen-bond acceptors (Lipinski definition) is 4. The molecule has 0 aromatic heterocycles. The smallest absolute Gasteiger partial charge is 0.311 e. The van der Waals surface area contributed by atoms with Gasteiger partial charge in [-0.1, -0.05) is 65.1 Å². The van der Waals surface area contributed by atoms with E-state index in [0.29, 0.717) is 35.6 Å². The molecule has 7 heteroatoms. The Morgan fingerprint density at radius 2 is 1.33 bits per heavy atom. The highest BCUT2D eigenvalue weighted by molar-refractivity contribution is 6.35. The van der Waals surface area contributed by atoms with Crippen LogP contribution in [0.15, 0.2) is 23.2 Å². The molecule has 0 N–H and O–H groups in total. The van der Waals surface area contributed by atoms with Crippen molar-refractivity contribution < 1.29 is 19.1 Å². The van der Waals surface area contributed by atoms with Gasteiger partial charge in [0.15, 0.2) is 0 Å². The maximum atomic E-state index is 11.3. The summed E-state index contributed by atoms with van der Waals surface area (Å²) in [7, 11) is 0. The molecule has 0 amide bonds. The van der Waals surface area contributed by atoms with Crippen LogP contribution in [-0.4, -0.2) is 31.0 Å². The largest absolute Gasteiger partial charge is 0.466 e. The van der Waals surface area contributed by atoms with Crippen molar-refractivity contribution >= 4 is 46.7 Å². The Labute approximate surface area is 182 Å². The number of carbonyl (C=O) groups excluding carboxylic acids is 2. The first-order valence-corrected chi connectivity index (χ1v) is 9.20. The second-order valence-electron chi connectivity index (χ2n) is 5.86. The molecule has 0 atom stereocenters. The third-order valence-electron chi connectivity index (χ3n) is 2.36. The van der Waals surface area contributed by atoms with Crippen molar-refractivity contribution in [2.75, 3.05) is 19.1 Å². The summed E-state index contributed by atoms with van der Waals surface area (Å²) in [6.07, 6.45) is 0.452. The summed E-state index contributed by atoms with van der Waals surface area (Å²) in [5.41, 5.74) is -0.561. The molecule has 0 aromatic rings. The molecule has 0 spiro atoms. The lowest BCUT2D eigenvalue weighted by Crippen LogP contribution is -2.26. The van der Waals surface area contributed by atoms with E-state index in [4.69, 9.17) is 39.5 Å². The van der Waals surface area contributed by atoms with E-state index < -0.39 is 5.41 Å². The quantitative estimate of drug-likeness (QED) is 0.305. The van der Waals surface area contributed by atoms with Crippen molar-refractivity contribution in [3.8, 4) is 0 Å². The zero-order valence-electron chi connectivity index (χ0n) is 16.1. The van der Waals surface area contributed by atoms with Gasteiger partial charge in [0.2, 0.25) is 0 Å². The molecule has 0 saturated heterocycles. The van der Waals surface area contributed by atoms with E-state index >= 15 is 0 Å². The topological polar surface area (TPSA) is 52.6 Å². The predicted octanol–water partition coefficient (Wildman–Crippen LogP) is 7.17. The van der Waals surface area contributed by atoms with Crippen LogP contribution in [0.1, 0.15) is 62.8 Å². The molecular weight excluding hydrogens is 411 g/mol. The van der Waals surface area contributed by atoms with Crippen molar-refractivity contribution in [2.24, 2.45) is 11.3 Å². The van der Waals surface area contributed by atoms with E-state index in [9.17, 15) is 9.59 Å². The van der Waals surface area contributed by atoms with E-state index in [-0.39, 0.29) is 32.7 Å². The average Bonchev–Trinajstić information content (AvgIpc) is 2.47. The predicted molar refractivity (Wildman–Crippen MR) is 121 cm³/mol. The fourth-order valence-corrected chi connectivity index (χ4v) is 1.52. The lowest BCUT2D eigenvalue weighted by atomic mass is 9.89. The third-order valence-corrected chi connectivity index (χ3v) is 3.09. The van der Waals surface area contributed by atoms with Crippen LogP contribution in [0.3, 0.4) is 0 Å². The molecule has 0 aliphatic carbocycles. The van der Waals surface area contributed by atoms with E-state index in [1.54, 1.807) is 27.7 Å². The van der Waals surface area contributed by atoms with Crippen LogP contribution in [0, 0.1) is 11.3 Å². The number of halogens is 3. The first-order valence-electron chi connectivity index (χ1n) is 7.91. The standard InChI is InChI=1S/C9H15ClO2.C6H12O2.C3H4Cl2.2CH4/c1-5-12-8(11)9(3,4)6-7(2)10;1-4-8-6(7)5(2)3;1-3(5)2-4;;/h2,5-6H2,1,3-4H3;5H,4H2,1-3H3;1-2H2;2*1H4. The van der Waals surface area contributed by atoms with Gasteiger partial charge in [0.25, 0.3) is 0 Å². The van der Waals surface area contributed by atoms with Crippen LogP contribution in [0.2, 0.25) is 0 Å². The van der Waals surface area contributed by atoms with Crippen molar-refractivity contribution in [1.82, 2.24) is 0 Å². The number of alkyl halides is 1. The minimum Gasteiger partial charge on any atom is -0.466 e. The van der Waals surface area contributed by atoms with Gasteiger partial charge < -0.3 is 9.47 Å². The van der Waals surface area contributed by atoms with E-state index in [0.717, 1.165) is 0 Å². The van der Waals surface area contributed by atoms with E-state index in [2.05, 4.69) is 17.9 Å². The van der Waals surface area contributed by atoms with Gasteiger partial charge in [-0.05, 0) is 34.1 Å². The van der Waals surface area contributed by atoms with Gasteiger partial charge in [0.1, 0.15) is 0 Å². The summed E-state index contributed by atoms with van der Waals surface area (Å²) >= 11 is 15.8. The second-order valence-corrected chi connectivity index (χ2v) is 7.19. The maximum Gasteiger partial charge on any atom is 0.311 e. The Bertz CT molecular complexity index is 419. The van der Waals surface area contributed by atoms with Gasteiger partial charge >= 0.3 is 11.9 Å². The molecule has 0 saturated carbocycles. The molecule has 0 aliphatic rings. The highest BCUT2D eigenvalue weighted by atomic mass is 35.5. The number of rotatable bonds is 7. The summed E-state index contributed by atoms with van der Waals surface area (Å²) < 4.78 is 9.53.